The number of ether oxygens (including phenoxy) is 1. The number of likely N-dealkylation sites (tertiary alicyclic amines) is 2. The lowest BCUT2D eigenvalue weighted by Crippen LogP contribution is -2.53. The first kappa shape index (κ1) is 25.2. The normalized spacial score (nSPS) is 19.6. The monoisotopic (exact) mass is 475 g/mol. The van der Waals surface area contributed by atoms with Crippen LogP contribution in [0.1, 0.15) is 62.4 Å². The zero-order valence-electron chi connectivity index (χ0n) is 18.5. The lowest BCUT2D eigenvalue weighted by Gasteiger charge is -2.45. The minimum Gasteiger partial charge on any atom is -0.481 e. The van der Waals surface area contributed by atoms with Crippen LogP contribution in [0.5, 0.6) is 0 Å². The van der Waals surface area contributed by atoms with Gasteiger partial charge in [-0.2, -0.15) is 13.2 Å². The van der Waals surface area contributed by atoms with Gasteiger partial charge in [0.1, 0.15) is 5.69 Å². The van der Waals surface area contributed by atoms with Crippen molar-refractivity contribution in [1.29, 1.82) is 0 Å². The Labute approximate surface area is 189 Å². The second-order valence-electron chi connectivity index (χ2n) is 8.69. The summed E-state index contributed by atoms with van der Waals surface area (Å²) in [5.74, 6) is -1.25. The third kappa shape index (κ3) is 6.13. The van der Waals surface area contributed by atoms with Crippen molar-refractivity contribution >= 4 is 12.1 Å². The molecule has 0 aliphatic carbocycles. The number of nitrogens with zero attached hydrogens (tertiary/aromatic N) is 3. The summed E-state index contributed by atoms with van der Waals surface area (Å²) in [5, 5.41) is 9.15. The lowest BCUT2D eigenvalue weighted by atomic mass is 9.84. The van der Waals surface area contributed by atoms with Crippen molar-refractivity contribution in [2.75, 3.05) is 19.6 Å². The van der Waals surface area contributed by atoms with Crippen molar-refractivity contribution in [1.82, 2.24) is 14.8 Å². The third-order valence-corrected chi connectivity index (χ3v) is 6.48. The number of hydrogen-bond acceptors (Lipinski definition) is 5. The Morgan fingerprint density at radius 1 is 1.21 bits per heavy atom. The van der Waals surface area contributed by atoms with Gasteiger partial charge in [-0.25, -0.2) is 14.2 Å². The van der Waals surface area contributed by atoms with Gasteiger partial charge in [-0.05, 0) is 50.3 Å². The number of carbonyl (C=O) groups excluding carboxylic acids is 1. The van der Waals surface area contributed by atoms with E-state index in [1.165, 1.54) is 11.0 Å². The molecule has 0 aromatic carbocycles. The van der Waals surface area contributed by atoms with Crippen molar-refractivity contribution in [3.05, 3.63) is 29.1 Å². The highest BCUT2D eigenvalue weighted by Gasteiger charge is 2.44. The van der Waals surface area contributed by atoms with Crippen LogP contribution in [0, 0.1) is 0 Å². The fourth-order valence-corrected chi connectivity index (χ4v) is 4.72. The molecule has 184 valence electrons. The molecule has 1 unspecified atom stereocenters. The van der Waals surface area contributed by atoms with E-state index in [1.807, 2.05) is 0 Å². The van der Waals surface area contributed by atoms with Gasteiger partial charge in [0.2, 0.25) is 6.36 Å². The van der Waals surface area contributed by atoms with E-state index in [-0.39, 0.29) is 24.2 Å². The number of hydrogen-bond donors (Lipinski definition) is 1. The molecular formula is C22H29F4N3O4. The quantitative estimate of drug-likeness (QED) is 0.589. The number of carboxylic acids is 1. The Hall–Kier alpha value is -2.43. The zero-order valence-corrected chi connectivity index (χ0v) is 18.5. The zero-order chi connectivity index (χ0) is 24.2. The Kier molecular flexibility index (Phi) is 7.81. The second-order valence-corrected chi connectivity index (χ2v) is 8.69. The molecule has 3 rings (SSSR count). The minimum atomic E-state index is -4.65. The summed E-state index contributed by atoms with van der Waals surface area (Å²) in [4.78, 5) is 30.7. The standard InChI is InChI=1S/C22H29F4N3O4/c1-2-4-18(23)33-20(32)28-11-8-21(9-12-28)7-3-10-29(21)14-15-5-6-17(22(24,25)26)27-16(15)13-19(30)31/h5-6,18H,2-4,7-14H2,1H3,(H,30,31). The molecular weight excluding hydrogens is 446 g/mol. The van der Waals surface area contributed by atoms with Crippen molar-refractivity contribution < 1.29 is 37.0 Å². The fourth-order valence-electron chi connectivity index (χ4n) is 4.72. The molecule has 0 saturated carbocycles. The molecule has 33 heavy (non-hydrogen) atoms. The highest BCUT2D eigenvalue weighted by Crippen LogP contribution is 2.40. The Morgan fingerprint density at radius 3 is 2.52 bits per heavy atom. The summed E-state index contributed by atoms with van der Waals surface area (Å²) in [6.07, 6.45) is -3.85. The van der Waals surface area contributed by atoms with Crippen molar-refractivity contribution in [2.45, 2.75) is 76.5 Å². The molecule has 11 heteroatoms. The van der Waals surface area contributed by atoms with E-state index in [0.717, 1.165) is 18.9 Å². The molecule has 2 saturated heterocycles. The number of carbonyl (C=O) groups is 2. The fraction of sp³-hybridized carbons (Fsp3) is 0.682. The van der Waals surface area contributed by atoms with Crippen molar-refractivity contribution in [2.24, 2.45) is 0 Å². The molecule has 1 N–H and O–H groups in total. The number of aliphatic carboxylic acids is 1. The molecule has 0 radical (unpaired) electrons. The van der Waals surface area contributed by atoms with Crippen LogP contribution in [0.3, 0.4) is 0 Å². The van der Waals surface area contributed by atoms with Crippen LogP contribution in [-0.4, -0.2) is 63.5 Å². The summed E-state index contributed by atoms with van der Waals surface area (Å²) in [7, 11) is 0. The molecule has 1 aromatic rings. The maximum Gasteiger partial charge on any atom is 0.433 e. The van der Waals surface area contributed by atoms with Crippen LogP contribution < -0.4 is 0 Å². The summed E-state index contributed by atoms with van der Waals surface area (Å²) >= 11 is 0. The van der Waals surface area contributed by atoms with Crippen molar-refractivity contribution in [3.63, 3.8) is 0 Å². The predicted octanol–water partition coefficient (Wildman–Crippen LogP) is 4.39. The maximum atomic E-state index is 13.6. The molecule has 3 heterocycles. The van der Waals surface area contributed by atoms with E-state index in [1.54, 1.807) is 6.92 Å². The first-order valence-corrected chi connectivity index (χ1v) is 11.2. The molecule has 2 fully saturated rings. The summed E-state index contributed by atoms with van der Waals surface area (Å²) in [5.41, 5.74) is -1.00. The van der Waals surface area contributed by atoms with Gasteiger partial charge in [0.25, 0.3) is 0 Å². The van der Waals surface area contributed by atoms with Gasteiger partial charge in [0.15, 0.2) is 0 Å². The van der Waals surface area contributed by atoms with Crippen LogP contribution in [0.2, 0.25) is 0 Å². The smallest absolute Gasteiger partial charge is 0.433 e. The van der Waals surface area contributed by atoms with Gasteiger partial charge < -0.3 is 14.7 Å². The summed E-state index contributed by atoms with van der Waals surface area (Å²) in [6, 6.07) is 2.19. The van der Waals surface area contributed by atoms with E-state index >= 15 is 0 Å². The lowest BCUT2D eigenvalue weighted by molar-refractivity contribution is -0.142. The van der Waals surface area contributed by atoms with Gasteiger partial charge >= 0.3 is 18.2 Å². The van der Waals surface area contributed by atoms with Gasteiger partial charge in [0, 0.05) is 31.6 Å². The maximum absolute atomic E-state index is 13.6. The third-order valence-electron chi connectivity index (χ3n) is 6.48. The Morgan fingerprint density at radius 2 is 1.91 bits per heavy atom. The topological polar surface area (TPSA) is 83.0 Å². The highest BCUT2D eigenvalue weighted by molar-refractivity contribution is 5.70. The minimum absolute atomic E-state index is 0.0923. The average Bonchev–Trinajstić information content (AvgIpc) is 3.10. The Balaban J connectivity index is 1.70. The summed E-state index contributed by atoms with van der Waals surface area (Å²) in [6.45, 7) is 3.57. The highest BCUT2D eigenvalue weighted by atomic mass is 19.4. The number of carboxylic acid groups (broad SMARTS) is 1. The van der Waals surface area contributed by atoms with Crippen LogP contribution >= 0.6 is 0 Å². The first-order valence-electron chi connectivity index (χ1n) is 11.2. The van der Waals surface area contributed by atoms with Crippen molar-refractivity contribution in [3.8, 4) is 0 Å². The van der Waals surface area contributed by atoms with Gasteiger partial charge in [-0.15, -0.1) is 0 Å². The molecule has 1 amide bonds. The molecule has 2 aliphatic rings. The number of rotatable bonds is 7. The number of amides is 1. The van der Waals surface area contributed by atoms with E-state index < -0.39 is 36.7 Å². The molecule has 1 aromatic heterocycles. The molecule has 1 atom stereocenters. The number of aromatic nitrogens is 1. The van der Waals surface area contributed by atoms with Gasteiger partial charge in [-0.1, -0.05) is 13.0 Å². The van der Waals surface area contributed by atoms with E-state index in [4.69, 9.17) is 9.84 Å². The van der Waals surface area contributed by atoms with E-state index in [2.05, 4.69) is 9.88 Å². The Bertz CT molecular complexity index is 857. The number of pyridine rings is 1. The van der Waals surface area contributed by atoms with E-state index in [9.17, 15) is 27.2 Å². The van der Waals surface area contributed by atoms with Crippen LogP contribution in [0.15, 0.2) is 12.1 Å². The SMILES string of the molecule is CCCC(F)OC(=O)N1CCC2(CCCN2Cc2ccc(C(F)(F)F)nc2CC(=O)O)CC1. The average molecular weight is 475 g/mol. The van der Waals surface area contributed by atoms with Crippen LogP contribution in [0.25, 0.3) is 0 Å². The largest absolute Gasteiger partial charge is 0.481 e. The number of halogens is 4. The number of piperidine rings is 1. The van der Waals surface area contributed by atoms with Crippen LogP contribution in [0.4, 0.5) is 22.4 Å². The second kappa shape index (κ2) is 10.2. The molecule has 0 bridgehead atoms. The molecule has 1 spiro atoms. The first-order chi connectivity index (χ1) is 15.5. The van der Waals surface area contributed by atoms with Gasteiger partial charge in [0.05, 0.1) is 12.1 Å². The van der Waals surface area contributed by atoms with Gasteiger partial charge in [-0.3, -0.25) is 9.69 Å². The number of alkyl halides is 4. The summed E-state index contributed by atoms with van der Waals surface area (Å²) < 4.78 is 57.7. The van der Waals surface area contributed by atoms with E-state index in [0.29, 0.717) is 44.5 Å². The predicted molar refractivity (Wildman–Crippen MR) is 110 cm³/mol. The van der Waals surface area contributed by atoms with Crippen LogP contribution in [-0.2, 0) is 28.7 Å². The molecule has 2 aliphatic heterocycles. The molecule has 7 nitrogen and oxygen atoms in total.